The van der Waals surface area contributed by atoms with Gasteiger partial charge in [0.05, 0.1) is 24.5 Å². The van der Waals surface area contributed by atoms with E-state index >= 15 is 0 Å². The molecule has 22 heavy (non-hydrogen) atoms. The van der Waals surface area contributed by atoms with Crippen LogP contribution in [0.2, 0.25) is 0 Å². The smallest absolute Gasteiger partial charge is 0.267 e. The van der Waals surface area contributed by atoms with E-state index in [1.54, 1.807) is 0 Å². The van der Waals surface area contributed by atoms with Crippen LogP contribution in [0.25, 0.3) is 0 Å². The third-order valence-electron chi connectivity index (χ3n) is 3.76. The summed E-state index contributed by atoms with van der Waals surface area (Å²) in [6.07, 6.45) is 2.48. The molecule has 0 bridgehead atoms. The standard InChI is InChI=1S/C14H19N5O2S/c1-4-10-12(22-17-16-10)14(20)19-5-6-21-11(8-19)13-15-9(2)7-18(13)3/h7,11H,4-6,8H2,1-3H3. The Morgan fingerprint density at radius 2 is 2.36 bits per heavy atom. The van der Waals surface area contributed by atoms with Crippen molar-refractivity contribution in [2.45, 2.75) is 26.4 Å². The first-order valence-electron chi connectivity index (χ1n) is 7.32. The van der Waals surface area contributed by atoms with E-state index in [0.29, 0.717) is 31.0 Å². The van der Waals surface area contributed by atoms with E-state index < -0.39 is 0 Å². The van der Waals surface area contributed by atoms with Gasteiger partial charge < -0.3 is 14.2 Å². The fraction of sp³-hybridized carbons (Fsp3) is 0.571. The minimum absolute atomic E-state index is 0.00826. The van der Waals surface area contributed by atoms with Gasteiger partial charge in [-0.25, -0.2) is 4.98 Å². The summed E-state index contributed by atoms with van der Waals surface area (Å²) < 4.78 is 11.7. The highest BCUT2D eigenvalue weighted by Crippen LogP contribution is 2.24. The largest absolute Gasteiger partial charge is 0.367 e. The van der Waals surface area contributed by atoms with Crippen molar-refractivity contribution < 1.29 is 9.53 Å². The molecular formula is C14H19N5O2S. The molecule has 7 nitrogen and oxygen atoms in total. The summed E-state index contributed by atoms with van der Waals surface area (Å²) in [5.41, 5.74) is 1.72. The van der Waals surface area contributed by atoms with Crippen LogP contribution in [0.5, 0.6) is 0 Å². The van der Waals surface area contributed by atoms with Crippen LogP contribution in [-0.2, 0) is 18.2 Å². The fourth-order valence-corrected chi connectivity index (χ4v) is 3.39. The molecule has 3 heterocycles. The number of aryl methyl sites for hydroxylation is 3. The summed E-state index contributed by atoms with van der Waals surface area (Å²) in [5, 5.41) is 4.02. The van der Waals surface area contributed by atoms with Gasteiger partial charge in [0.2, 0.25) is 0 Å². The summed E-state index contributed by atoms with van der Waals surface area (Å²) in [4.78, 5) is 19.6. The van der Waals surface area contributed by atoms with Crippen LogP contribution < -0.4 is 0 Å². The molecule has 0 aromatic carbocycles. The second-order valence-electron chi connectivity index (χ2n) is 5.36. The lowest BCUT2D eigenvalue weighted by atomic mass is 10.2. The van der Waals surface area contributed by atoms with Crippen LogP contribution in [0.3, 0.4) is 0 Å². The number of carbonyl (C=O) groups excluding carboxylic acids is 1. The second-order valence-corrected chi connectivity index (χ2v) is 6.12. The molecule has 1 aliphatic rings. The molecule has 118 valence electrons. The zero-order chi connectivity index (χ0) is 15.7. The minimum atomic E-state index is -0.192. The van der Waals surface area contributed by atoms with E-state index in [1.807, 2.05) is 36.6 Å². The van der Waals surface area contributed by atoms with E-state index in [0.717, 1.165) is 17.2 Å². The van der Waals surface area contributed by atoms with E-state index in [4.69, 9.17) is 4.74 Å². The molecule has 0 N–H and O–H groups in total. The molecule has 0 saturated carbocycles. The number of aromatic nitrogens is 4. The normalized spacial score (nSPS) is 18.7. The van der Waals surface area contributed by atoms with E-state index in [1.165, 1.54) is 11.5 Å². The van der Waals surface area contributed by atoms with Crippen molar-refractivity contribution in [3.63, 3.8) is 0 Å². The predicted octanol–water partition coefficient (Wildman–Crippen LogP) is 1.36. The molecule has 1 fully saturated rings. The lowest BCUT2D eigenvalue weighted by molar-refractivity contribution is -0.0278. The average molecular weight is 321 g/mol. The van der Waals surface area contributed by atoms with Gasteiger partial charge in [0.15, 0.2) is 0 Å². The molecule has 1 atom stereocenters. The Hall–Kier alpha value is -1.80. The maximum absolute atomic E-state index is 12.7. The lowest BCUT2D eigenvalue weighted by Crippen LogP contribution is -2.42. The maximum atomic E-state index is 12.7. The highest BCUT2D eigenvalue weighted by Gasteiger charge is 2.30. The van der Waals surface area contributed by atoms with Gasteiger partial charge >= 0.3 is 0 Å². The summed E-state index contributed by atoms with van der Waals surface area (Å²) >= 11 is 1.17. The van der Waals surface area contributed by atoms with E-state index in [2.05, 4.69) is 14.6 Å². The lowest BCUT2D eigenvalue weighted by Gasteiger charge is -2.32. The summed E-state index contributed by atoms with van der Waals surface area (Å²) in [7, 11) is 1.95. The summed E-state index contributed by atoms with van der Waals surface area (Å²) in [5.74, 6) is 0.847. The molecule has 0 aliphatic carbocycles. The van der Waals surface area contributed by atoms with Gasteiger partial charge in [-0.1, -0.05) is 11.4 Å². The number of hydrogen-bond donors (Lipinski definition) is 0. The van der Waals surface area contributed by atoms with Crippen molar-refractivity contribution in [1.29, 1.82) is 0 Å². The van der Waals surface area contributed by atoms with Crippen molar-refractivity contribution in [2.24, 2.45) is 7.05 Å². The van der Waals surface area contributed by atoms with Gasteiger partial charge in [-0.3, -0.25) is 4.79 Å². The maximum Gasteiger partial charge on any atom is 0.267 e. The minimum Gasteiger partial charge on any atom is -0.367 e. The quantitative estimate of drug-likeness (QED) is 0.853. The molecule has 0 spiro atoms. The van der Waals surface area contributed by atoms with E-state index in [9.17, 15) is 4.79 Å². The molecule has 0 radical (unpaired) electrons. The number of rotatable bonds is 3. The molecule has 1 unspecified atom stereocenters. The van der Waals surface area contributed by atoms with Gasteiger partial charge in [-0.05, 0) is 24.9 Å². The molecular weight excluding hydrogens is 302 g/mol. The Bertz CT molecular complexity index is 681. The summed E-state index contributed by atoms with van der Waals surface area (Å²) in [6.45, 7) is 5.53. The predicted molar refractivity (Wildman–Crippen MR) is 81.8 cm³/mol. The van der Waals surface area contributed by atoms with Crippen LogP contribution in [0.4, 0.5) is 0 Å². The Morgan fingerprint density at radius 1 is 1.55 bits per heavy atom. The third kappa shape index (κ3) is 2.76. The van der Waals surface area contributed by atoms with Crippen LogP contribution in [0.15, 0.2) is 6.20 Å². The van der Waals surface area contributed by atoms with Gasteiger partial charge in [0.25, 0.3) is 5.91 Å². The monoisotopic (exact) mass is 321 g/mol. The molecule has 1 aliphatic heterocycles. The summed E-state index contributed by atoms with van der Waals surface area (Å²) in [6, 6.07) is 0. The average Bonchev–Trinajstić information content (AvgIpc) is 3.12. The number of morpholine rings is 1. The van der Waals surface area contributed by atoms with Crippen LogP contribution >= 0.6 is 11.5 Å². The van der Waals surface area contributed by atoms with Crippen molar-refractivity contribution in [1.82, 2.24) is 24.0 Å². The van der Waals surface area contributed by atoms with Crippen molar-refractivity contribution in [2.75, 3.05) is 19.7 Å². The van der Waals surface area contributed by atoms with Crippen LogP contribution in [0.1, 0.15) is 39.9 Å². The molecule has 2 aromatic rings. The number of carbonyl (C=O) groups is 1. The number of imidazole rings is 1. The highest BCUT2D eigenvalue weighted by molar-refractivity contribution is 7.08. The van der Waals surface area contributed by atoms with Gasteiger partial charge in [0, 0.05) is 19.8 Å². The highest BCUT2D eigenvalue weighted by atomic mass is 32.1. The molecule has 1 amide bonds. The first-order valence-corrected chi connectivity index (χ1v) is 8.09. The zero-order valence-electron chi connectivity index (χ0n) is 12.9. The van der Waals surface area contributed by atoms with E-state index in [-0.39, 0.29) is 12.0 Å². The molecule has 3 rings (SSSR count). The fourth-order valence-electron chi connectivity index (χ4n) is 2.67. The Balaban J connectivity index is 1.78. The number of hydrogen-bond acceptors (Lipinski definition) is 6. The van der Waals surface area contributed by atoms with Gasteiger partial charge in [-0.15, -0.1) is 5.10 Å². The molecule has 1 saturated heterocycles. The Kier molecular flexibility index (Phi) is 4.21. The molecule has 8 heteroatoms. The first kappa shape index (κ1) is 15.1. The first-order chi connectivity index (χ1) is 10.6. The second kappa shape index (κ2) is 6.13. The SMILES string of the molecule is CCc1nnsc1C(=O)N1CCOC(c2nc(C)cn2C)C1. The van der Waals surface area contributed by atoms with Gasteiger partial charge in [-0.2, -0.15) is 0 Å². The number of ether oxygens (including phenoxy) is 1. The number of nitrogens with zero attached hydrogens (tertiary/aromatic N) is 5. The molecule has 2 aromatic heterocycles. The van der Waals surface area contributed by atoms with Crippen molar-refractivity contribution in [3.05, 3.63) is 28.3 Å². The third-order valence-corrected chi connectivity index (χ3v) is 4.52. The van der Waals surface area contributed by atoms with Gasteiger partial charge in [0.1, 0.15) is 16.8 Å². The topological polar surface area (TPSA) is 73.1 Å². The van der Waals surface area contributed by atoms with Crippen molar-refractivity contribution in [3.8, 4) is 0 Å². The van der Waals surface area contributed by atoms with Crippen molar-refractivity contribution >= 4 is 17.4 Å². The Labute approximate surface area is 133 Å². The van der Waals surface area contributed by atoms with Crippen LogP contribution in [0, 0.1) is 6.92 Å². The zero-order valence-corrected chi connectivity index (χ0v) is 13.8. The van der Waals surface area contributed by atoms with Crippen LogP contribution in [-0.4, -0.2) is 49.6 Å². The Morgan fingerprint density at radius 3 is 3.05 bits per heavy atom. The number of amides is 1.